The highest BCUT2D eigenvalue weighted by molar-refractivity contribution is 7.99. The summed E-state index contributed by atoms with van der Waals surface area (Å²) in [4.78, 5) is 15.0. The van der Waals surface area contributed by atoms with Gasteiger partial charge in [-0.15, -0.1) is 0 Å². The summed E-state index contributed by atoms with van der Waals surface area (Å²) in [6.45, 7) is 5.69. The Bertz CT molecular complexity index is 1280. The Morgan fingerprint density at radius 2 is 1.84 bits per heavy atom. The summed E-state index contributed by atoms with van der Waals surface area (Å²) in [5.74, 6) is 6.43. The van der Waals surface area contributed by atoms with Gasteiger partial charge in [-0.1, -0.05) is 35.7 Å². The van der Waals surface area contributed by atoms with E-state index in [0.717, 1.165) is 52.8 Å². The first-order valence-corrected chi connectivity index (χ1v) is 12.7. The van der Waals surface area contributed by atoms with Crippen molar-refractivity contribution in [2.75, 3.05) is 39.5 Å². The number of carboxylic acid groups (broad SMARTS) is 1. The fourth-order valence-electron chi connectivity index (χ4n) is 3.67. The van der Waals surface area contributed by atoms with Gasteiger partial charge in [0.05, 0.1) is 19.8 Å². The summed E-state index contributed by atoms with van der Waals surface area (Å²) in [5, 5.41) is 8.85. The molecule has 0 radical (unpaired) electrons. The first-order chi connectivity index (χ1) is 17.9. The lowest BCUT2D eigenvalue weighted by molar-refractivity contribution is -0.139. The molecule has 8 heteroatoms. The summed E-state index contributed by atoms with van der Waals surface area (Å²) >= 11 is 1.55. The molecule has 4 rings (SSSR count). The highest BCUT2D eigenvalue weighted by Gasteiger charge is 2.09. The van der Waals surface area contributed by atoms with Gasteiger partial charge in [0, 0.05) is 28.4 Å². The number of rotatable bonds is 9. The molecule has 0 spiro atoms. The van der Waals surface area contributed by atoms with Gasteiger partial charge in [0.2, 0.25) is 0 Å². The molecular formula is C29H28FNO5S. The normalized spacial score (nSPS) is 13.5. The zero-order chi connectivity index (χ0) is 26.0. The summed E-state index contributed by atoms with van der Waals surface area (Å²) in [6.07, 6.45) is 0. The molecule has 0 aliphatic carbocycles. The van der Waals surface area contributed by atoms with E-state index in [1.165, 1.54) is 12.1 Å². The highest BCUT2D eigenvalue weighted by Crippen LogP contribution is 2.34. The van der Waals surface area contributed by atoms with Crippen LogP contribution < -0.4 is 9.47 Å². The smallest absolute Gasteiger partial charge is 0.341 e. The van der Waals surface area contributed by atoms with Crippen molar-refractivity contribution in [3.63, 3.8) is 0 Å². The molecule has 0 amide bonds. The van der Waals surface area contributed by atoms with E-state index in [-0.39, 0.29) is 12.4 Å². The van der Waals surface area contributed by atoms with Crippen molar-refractivity contribution in [3.8, 4) is 23.3 Å². The second kappa shape index (κ2) is 13.2. The number of ether oxygens (including phenoxy) is 3. The van der Waals surface area contributed by atoms with Crippen LogP contribution in [-0.4, -0.2) is 55.4 Å². The first-order valence-electron chi connectivity index (χ1n) is 11.9. The molecule has 6 nitrogen and oxygen atoms in total. The van der Waals surface area contributed by atoms with Crippen LogP contribution in [-0.2, 0) is 16.1 Å². The molecule has 0 bridgehead atoms. The van der Waals surface area contributed by atoms with Crippen molar-refractivity contribution in [3.05, 3.63) is 83.2 Å². The van der Waals surface area contributed by atoms with Gasteiger partial charge in [0.1, 0.15) is 23.9 Å². The Morgan fingerprint density at radius 1 is 1.05 bits per heavy atom. The van der Waals surface area contributed by atoms with Crippen LogP contribution >= 0.6 is 11.8 Å². The van der Waals surface area contributed by atoms with Crippen LogP contribution in [0.5, 0.6) is 11.5 Å². The molecule has 37 heavy (non-hydrogen) atoms. The molecule has 0 atom stereocenters. The predicted molar refractivity (Wildman–Crippen MR) is 140 cm³/mol. The molecule has 1 aliphatic heterocycles. The monoisotopic (exact) mass is 521 g/mol. The number of carboxylic acids is 1. The molecule has 0 saturated carbocycles. The van der Waals surface area contributed by atoms with Crippen molar-refractivity contribution in [2.45, 2.75) is 23.3 Å². The van der Waals surface area contributed by atoms with Crippen LogP contribution in [0.2, 0.25) is 0 Å². The Morgan fingerprint density at radius 3 is 2.57 bits per heavy atom. The molecule has 0 unspecified atom stereocenters. The Hall–Kier alpha value is -3.51. The average Bonchev–Trinajstić information content (AvgIpc) is 2.88. The van der Waals surface area contributed by atoms with Gasteiger partial charge in [0.15, 0.2) is 6.61 Å². The molecule has 1 heterocycles. The van der Waals surface area contributed by atoms with Crippen molar-refractivity contribution < 1.29 is 28.5 Å². The largest absolute Gasteiger partial charge is 0.489 e. The second-order valence-electron chi connectivity index (χ2n) is 8.51. The van der Waals surface area contributed by atoms with Crippen LogP contribution in [0.15, 0.2) is 70.5 Å². The molecule has 192 valence electrons. The van der Waals surface area contributed by atoms with Crippen LogP contribution in [0.25, 0.3) is 0 Å². The SMILES string of the molecule is Cc1cc(Sc2cc(C#CCN3CCOCC3)cc(OCc3ccc(F)cc3)c2)ccc1OCC(=O)O. The third-order valence-electron chi connectivity index (χ3n) is 5.57. The van der Waals surface area contributed by atoms with Gasteiger partial charge >= 0.3 is 5.97 Å². The van der Waals surface area contributed by atoms with Gasteiger partial charge < -0.3 is 19.3 Å². The van der Waals surface area contributed by atoms with E-state index in [1.807, 2.05) is 37.3 Å². The molecule has 3 aromatic carbocycles. The van der Waals surface area contributed by atoms with Crippen molar-refractivity contribution in [2.24, 2.45) is 0 Å². The quantitative estimate of drug-likeness (QED) is 0.397. The second-order valence-corrected chi connectivity index (χ2v) is 9.66. The van der Waals surface area contributed by atoms with E-state index in [9.17, 15) is 9.18 Å². The van der Waals surface area contributed by atoms with E-state index >= 15 is 0 Å². The Labute approximate surface area is 220 Å². The van der Waals surface area contributed by atoms with Gasteiger partial charge in [0.25, 0.3) is 0 Å². The van der Waals surface area contributed by atoms with Crippen LogP contribution in [0.3, 0.4) is 0 Å². The van der Waals surface area contributed by atoms with Gasteiger partial charge in [-0.2, -0.15) is 0 Å². The molecule has 1 saturated heterocycles. The van der Waals surface area contributed by atoms with E-state index in [1.54, 1.807) is 30.0 Å². The molecule has 1 aliphatic rings. The minimum absolute atomic E-state index is 0.283. The first kappa shape index (κ1) is 26.6. The number of halogens is 1. The number of benzene rings is 3. The zero-order valence-corrected chi connectivity index (χ0v) is 21.4. The third kappa shape index (κ3) is 8.53. The van der Waals surface area contributed by atoms with Crippen LogP contribution in [0, 0.1) is 24.6 Å². The number of aliphatic carboxylic acids is 1. The lowest BCUT2D eigenvalue weighted by atomic mass is 10.2. The van der Waals surface area contributed by atoms with Crippen molar-refractivity contribution in [1.29, 1.82) is 0 Å². The number of nitrogens with zero attached hydrogens (tertiary/aromatic N) is 1. The van der Waals surface area contributed by atoms with E-state index in [0.29, 0.717) is 24.7 Å². The third-order valence-corrected chi connectivity index (χ3v) is 6.53. The predicted octanol–water partition coefficient (Wildman–Crippen LogP) is 5.01. The number of aryl methyl sites for hydroxylation is 1. The highest BCUT2D eigenvalue weighted by atomic mass is 32.2. The fourth-order valence-corrected chi connectivity index (χ4v) is 4.67. The summed E-state index contributed by atoms with van der Waals surface area (Å²) in [5.41, 5.74) is 2.55. The minimum Gasteiger partial charge on any atom is -0.489 e. The van der Waals surface area contributed by atoms with E-state index < -0.39 is 5.97 Å². The zero-order valence-electron chi connectivity index (χ0n) is 20.5. The average molecular weight is 522 g/mol. The minimum atomic E-state index is -1.02. The van der Waals surface area contributed by atoms with Crippen LogP contribution in [0.4, 0.5) is 4.39 Å². The van der Waals surface area contributed by atoms with E-state index in [4.69, 9.17) is 19.3 Å². The number of hydrogen-bond acceptors (Lipinski definition) is 6. The maximum atomic E-state index is 13.2. The molecule has 3 aromatic rings. The van der Waals surface area contributed by atoms with Gasteiger partial charge in [-0.3, -0.25) is 4.90 Å². The molecular weight excluding hydrogens is 493 g/mol. The molecule has 1 N–H and O–H groups in total. The summed E-state index contributed by atoms with van der Waals surface area (Å²) in [6, 6.07) is 17.7. The van der Waals surface area contributed by atoms with Crippen LogP contribution in [0.1, 0.15) is 16.7 Å². The summed E-state index contributed by atoms with van der Waals surface area (Å²) < 4.78 is 30.0. The summed E-state index contributed by atoms with van der Waals surface area (Å²) in [7, 11) is 0. The lowest BCUT2D eigenvalue weighted by Gasteiger charge is -2.24. The number of carbonyl (C=O) groups is 1. The lowest BCUT2D eigenvalue weighted by Crippen LogP contribution is -2.36. The maximum Gasteiger partial charge on any atom is 0.341 e. The van der Waals surface area contributed by atoms with Crippen molar-refractivity contribution in [1.82, 2.24) is 4.90 Å². The van der Waals surface area contributed by atoms with Gasteiger partial charge in [-0.25, -0.2) is 9.18 Å². The molecule has 1 fully saturated rings. The number of hydrogen-bond donors (Lipinski definition) is 1. The maximum absolute atomic E-state index is 13.2. The Kier molecular flexibility index (Phi) is 9.44. The number of morpholine rings is 1. The topological polar surface area (TPSA) is 68.2 Å². The molecule has 0 aromatic heterocycles. The standard InChI is InChI=1S/C29H28FNO5S/c1-21-15-26(8-9-28(21)36-20-29(32)33)37-27-17-23(3-2-10-31-11-13-34-14-12-31)16-25(18-27)35-19-22-4-6-24(30)7-5-22/h4-9,15-18H,10-14,19-20H2,1H3,(H,32,33). The van der Waals surface area contributed by atoms with Crippen molar-refractivity contribution >= 4 is 17.7 Å². The Balaban J connectivity index is 1.51. The van der Waals surface area contributed by atoms with Gasteiger partial charge in [-0.05, 0) is 66.6 Å². The van der Waals surface area contributed by atoms with E-state index in [2.05, 4.69) is 16.7 Å². The fraction of sp³-hybridized carbons (Fsp3) is 0.276.